The van der Waals surface area contributed by atoms with Crippen LogP contribution < -0.4 is 24.5 Å². The van der Waals surface area contributed by atoms with Crippen molar-refractivity contribution in [2.45, 2.75) is 115 Å². The normalized spacial score (nSPS) is 22.5. The Balaban J connectivity index is 0.000000102. The predicted molar refractivity (Wildman–Crippen MR) is 465 cm³/mol. The molecule has 14 heterocycles. The van der Waals surface area contributed by atoms with E-state index in [1.807, 2.05) is 206 Å². The number of fused-ring (bicyclic) bond motifs is 12. The quantitative estimate of drug-likeness (QED) is 0.107. The van der Waals surface area contributed by atoms with Gasteiger partial charge in [-0.2, -0.15) is 0 Å². The smallest absolute Gasteiger partial charge is 0.205 e. The maximum atomic E-state index is 13.8. The van der Waals surface area contributed by atoms with E-state index in [1.165, 1.54) is 28.7 Å². The molecule has 0 bridgehead atoms. The van der Waals surface area contributed by atoms with E-state index in [9.17, 15) is 53.9 Å². The predicted octanol–water partition coefficient (Wildman–Crippen LogP) is 16.9. The third-order valence-corrected chi connectivity index (χ3v) is 26.7. The van der Waals surface area contributed by atoms with E-state index in [0.29, 0.717) is 148 Å². The fourth-order valence-corrected chi connectivity index (χ4v) is 19.4. The van der Waals surface area contributed by atoms with Crippen LogP contribution in [0.1, 0.15) is 127 Å². The molecule has 5 fully saturated rings. The number of carbonyl (C=O) groups is 5. The lowest BCUT2D eigenvalue weighted by molar-refractivity contribution is 0.0599. The Morgan fingerprint density at radius 3 is 1.43 bits per heavy atom. The number of hydrogen-bond donors (Lipinski definition) is 5. The van der Waals surface area contributed by atoms with Crippen LogP contribution in [0, 0.1) is 61.2 Å². The van der Waals surface area contributed by atoms with Crippen molar-refractivity contribution in [3.8, 4) is 0 Å². The topological polar surface area (TPSA) is 303 Å². The minimum Gasteiger partial charge on any atom is -0.464 e. The van der Waals surface area contributed by atoms with Gasteiger partial charge >= 0.3 is 0 Å². The van der Waals surface area contributed by atoms with Crippen molar-refractivity contribution in [2.24, 2.45) is 25.0 Å². The standard InChI is InChI=1S/C19H17ClN2O2.C19H15N3O2S.C18H15FN2O2.C18H14N2O3S.C17H17N3O2S/c1-11-9-15-16(10-12(11)2)21-18-19(24,17(15)23)7-8-22(18)14-5-3-13(20)4-6-14;1-11-2-4-14-13(8-11)17(23)19(24)6-7-22(18(19)21-14)12-3-5-16-15(9-12)20-10-25-16;1-11-9-15-13(10-14(11)19)16(22)18(23)7-8-21(17(18)20-15)12-5-3-2-4-6-12;1-10-8-13-15(21)18(22)5-6-20(17(18)19-16(13)24-10)12-3-2-11-4-7-23-14(11)9-12;1-9-6-12-13(7-10(9)2)19-16-17(22,15(12)21)4-5-20(16)14-8-18-11(3)23-14/h3-6,9-10,24H,7-8H2,1-2H3;2-5,8-10,24H,6-7H2,1H3;2-6,9-10,23H,7-8H2,1H3;2-4,7-9,22H,5-6H2,1H3;6-8,22H,4-5H2,1-3H3/t2*19-;2*18-;17-/m11111/s1. The molecule has 0 spiro atoms. The molecule has 600 valence electrons. The average molecular weight is 1670 g/mol. The lowest BCUT2D eigenvalue weighted by Crippen LogP contribution is -2.48. The number of nitrogens with zero attached hydrogens (tertiary/aromatic N) is 12. The summed E-state index contributed by atoms with van der Waals surface area (Å²) >= 11 is 10.6. The SMILES string of the molecule is Cc1cc2c(cc1C)C(=O)[C@]1(O)CCN(c3ccc(Cl)cc3)C1=N2.Cc1cc2c(cc1F)C(=O)[C@]1(O)CCN(c3ccccc3)C1=N2.Cc1cc2c(s1)N=C1N(c3ccc4ccoc4c3)CC[C@@]1(O)C2=O.Cc1ccc2c(c1)C(=O)[C@]1(O)CCN(c3ccc4scnc4c3)C1=N2.Cc1ncc(N2CC[C@@]3(O)C(=O)c4cc(C)c(C)cc4N=C23)s1. The van der Waals surface area contributed by atoms with E-state index in [0.717, 1.165) is 86.6 Å². The molecule has 10 aliphatic heterocycles. The molecule has 22 rings (SSSR count). The third-order valence-electron chi connectivity index (χ3n) is 23.8. The van der Waals surface area contributed by atoms with Crippen LogP contribution >= 0.6 is 45.6 Å². The highest BCUT2D eigenvalue weighted by Crippen LogP contribution is 2.48. The highest BCUT2D eigenvalue weighted by Gasteiger charge is 2.58. The average Bonchev–Trinajstić information content (AvgIpc) is 1.14. The molecule has 0 saturated carbocycles. The van der Waals surface area contributed by atoms with Gasteiger partial charge in [0.15, 0.2) is 39.7 Å². The van der Waals surface area contributed by atoms with Gasteiger partial charge in [-0.3, -0.25) is 24.0 Å². The number of aryl methyl sites for hydroxylation is 8. The summed E-state index contributed by atoms with van der Waals surface area (Å²) in [5, 5.41) is 59.2. The molecular weight excluding hydrogens is 1590 g/mol. The van der Waals surface area contributed by atoms with Gasteiger partial charge in [-0.25, -0.2) is 39.3 Å². The van der Waals surface area contributed by atoms with Crippen LogP contribution in [0.2, 0.25) is 5.02 Å². The monoisotopic (exact) mass is 1660 g/mol. The van der Waals surface area contributed by atoms with Crippen LogP contribution in [-0.4, -0.2) is 154 Å². The molecule has 119 heavy (non-hydrogen) atoms. The van der Waals surface area contributed by atoms with E-state index in [-0.39, 0.29) is 35.1 Å². The number of hydrogen-bond acceptors (Lipinski definition) is 26. The Morgan fingerprint density at radius 2 is 0.874 bits per heavy atom. The summed E-state index contributed by atoms with van der Waals surface area (Å²) < 4.78 is 20.4. The Bertz CT molecular complexity index is 6510. The molecule has 12 aromatic rings. The summed E-state index contributed by atoms with van der Waals surface area (Å²) in [7, 11) is 0. The van der Waals surface area contributed by atoms with Crippen LogP contribution in [0.25, 0.3) is 21.2 Å². The minimum absolute atomic E-state index is 0.147. The molecule has 28 heteroatoms. The van der Waals surface area contributed by atoms with E-state index in [1.54, 1.807) is 55.0 Å². The second kappa shape index (κ2) is 29.3. The van der Waals surface area contributed by atoms with Gasteiger partial charge in [0, 0.05) is 131 Å². The fraction of sp³-hybridized carbons (Fsp3) is 0.253. The maximum absolute atomic E-state index is 13.8. The molecule has 23 nitrogen and oxygen atoms in total. The number of halogens is 2. The Kier molecular flexibility index (Phi) is 19.3. The highest BCUT2D eigenvalue weighted by molar-refractivity contribution is 7.17. The number of amidine groups is 5. The highest BCUT2D eigenvalue weighted by atomic mass is 35.5. The second-order valence-electron chi connectivity index (χ2n) is 31.4. The first-order valence-electron chi connectivity index (χ1n) is 38.9. The van der Waals surface area contributed by atoms with Crippen LogP contribution in [0.3, 0.4) is 0 Å². The molecule has 0 unspecified atom stereocenters. The van der Waals surface area contributed by atoms with Crippen molar-refractivity contribution in [1.29, 1.82) is 0 Å². The summed E-state index contributed by atoms with van der Waals surface area (Å²) in [5.74, 6) is 0.0660. The van der Waals surface area contributed by atoms with Gasteiger partial charge in [-0.15, -0.1) is 34.0 Å². The Hall–Kier alpha value is -11.8. The molecule has 0 radical (unpaired) electrons. The molecule has 4 aromatic heterocycles. The summed E-state index contributed by atoms with van der Waals surface area (Å²) in [6.45, 7) is 18.0. The molecule has 5 N–H and O–H groups in total. The van der Waals surface area contributed by atoms with Gasteiger partial charge in [0.1, 0.15) is 38.9 Å². The zero-order chi connectivity index (χ0) is 83.3. The van der Waals surface area contributed by atoms with E-state index in [4.69, 9.17) is 16.0 Å². The first-order valence-corrected chi connectivity index (χ1v) is 41.8. The first kappa shape index (κ1) is 78.4. The maximum Gasteiger partial charge on any atom is 0.205 e. The van der Waals surface area contributed by atoms with Crippen LogP contribution in [-0.2, 0) is 0 Å². The number of thiophene rings is 1. The number of aliphatic imine (C=N–C) groups is 5. The molecule has 10 aliphatic rings. The van der Waals surface area contributed by atoms with Crippen molar-refractivity contribution >= 4 is 180 Å². The summed E-state index contributed by atoms with van der Waals surface area (Å²) in [6, 6.07) is 48.2. The van der Waals surface area contributed by atoms with Gasteiger partial charge in [0.25, 0.3) is 0 Å². The first-order chi connectivity index (χ1) is 56.9. The number of rotatable bonds is 5. The number of furan rings is 1. The number of aromatic nitrogens is 2. The van der Waals surface area contributed by atoms with Crippen LogP contribution in [0.5, 0.6) is 0 Å². The lowest BCUT2D eigenvalue weighted by Gasteiger charge is -2.30. The summed E-state index contributed by atoms with van der Waals surface area (Å²) in [4.78, 5) is 107. The minimum atomic E-state index is -1.68. The van der Waals surface area contributed by atoms with Crippen LogP contribution in [0.4, 0.5) is 59.9 Å². The number of aliphatic hydroxyl groups is 5. The van der Waals surface area contributed by atoms with Gasteiger partial charge in [0.05, 0.1) is 61.5 Å². The van der Waals surface area contributed by atoms with Crippen molar-refractivity contribution in [2.75, 3.05) is 57.2 Å². The number of anilines is 5. The molecule has 0 aliphatic carbocycles. The summed E-state index contributed by atoms with van der Waals surface area (Å²) in [5.41, 5.74) is 9.34. The number of benzene rings is 8. The third kappa shape index (κ3) is 13.2. The largest absolute Gasteiger partial charge is 0.464 e. The van der Waals surface area contributed by atoms with E-state index < -0.39 is 39.6 Å². The summed E-state index contributed by atoms with van der Waals surface area (Å²) in [6.07, 6.45) is 5.04. The van der Waals surface area contributed by atoms with Crippen molar-refractivity contribution < 1.29 is 58.3 Å². The zero-order valence-electron chi connectivity index (χ0n) is 65.8. The molecule has 5 atom stereocenters. The number of carbonyl (C=O) groups excluding carboxylic acids is 5. The number of ketones is 5. The van der Waals surface area contributed by atoms with Crippen molar-refractivity contribution in [3.05, 3.63) is 258 Å². The molecule has 0 amide bonds. The van der Waals surface area contributed by atoms with Gasteiger partial charge in [-0.1, -0.05) is 41.4 Å². The van der Waals surface area contributed by atoms with Gasteiger partial charge < -0.3 is 54.4 Å². The lowest BCUT2D eigenvalue weighted by atomic mass is 9.86. The number of Topliss-reactive ketones (excluding diaryl/α,β-unsaturated/α-hetero) is 5. The van der Waals surface area contributed by atoms with Crippen molar-refractivity contribution in [3.63, 3.8) is 0 Å². The molecule has 8 aromatic carbocycles. The molecule has 5 saturated heterocycles. The number of para-hydroxylation sites is 1. The Morgan fingerprint density at radius 1 is 0.420 bits per heavy atom. The van der Waals surface area contributed by atoms with Gasteiger partial charge in [0.2, 0.25) is 28.9 Å². The number of thiazole rings is 2. The fourth-order valence-electron chi connectivity index (χ4n) is 16.9. The molecular formula is C91H78ClFN12O11S3. The van der Waals surface area contributed by atoms with E-state index >= 15 is 0 Å². The van der Waals surface area contributed by atoms with E-state index in [2.05, 4.69) is 34.9 Å². The zero-order valence-corrected chi connectivity index (χ0v) is 69.1. The van der Waals surface area contributed by atoms with Crippen LogP contribution in [0.15, 0.2) is 205 Å². The van der Waals surface area contributed by atoms with Crippen molar-refractivity contribution in [1.82, 2.24) is 9.97 Å². The van der Waals surface area contributed by atoms with Gasteiger partial charge in [-0.05, 0) is 211 Å². The second-order valence-corrected chi connectivity index (χ2v) is 35.2. The Labute approximate surface area is 699 Å².